The van der Waals surface area contributed by atoms with E-state index in [-0.39, 0.29) is 0 Å². The molecule has 0 spiro atoms. The lowest BCUT2D eigenvalue weighted by atomic mass is 10.2. The molecule has 10 heteroatoms. The van der Waals surface area contributed by atoms with Gasteiger partial charge in [-0.05, 0) is 17.0 Å². The minimum atomic E-state index is -2.27. The molecule has 0 bridgehead atoms. The highest BCUT2D eigenvalue weighted by Crippen LogP contribution is 2.03. The fraction of sp³-hybridized carbons (Fsp3) is 0.200. The Morgan fingerprint density at radius 3 is 2.10 bits per heavy atom. The van der Waals surface area contributed by atoms with Gasteiger partial charge in [0.1, 0.15) is 0 Å². The second-order valence-corrected chi connectivity index (χ2v) is 3.48. The fourth-order valence-corrected chi connectivity index (χ4v) is 1.09. The first-order chi connectivity index (χ1) is 9.34. The number of rotatable bonds is 3. The molecular formula is C10H10N2O8. The Bertz CT molecular complexity index is 592. The second-order valence-electron chi connectivity index (χ2n) is 3.48. The van der Waals surface area contributed by atoms with Crippen molar-refractivity contribution < 1.29 is 39.5 Å². The van der Waals surface area contributed by atoms with E-state index in [0.29, 0.717) is 15.9 Å². The Labute approximate surface area is 110 Å². The highest BCUT2D eigenvalue weighted by molar-refractivity contribution is 5.83. The van der Waals surface area contributed by atoms with Crippen LogP contribution in [0.4, 0.5) is 0 Å². The third-order valence-electron chi connectivity index (χ3n) is 2.10. The lowest BCUT2D eigenvalue weighted by Crippen LogP contribution is -2.39. The van der Waals surface area contributed by atoms with E-state index in [1.807, 2.05) is 0 Å². The Morgan fingerprint density at radius 1 is 1.15 bits per heavy atom. The maximum atomic E-state index is 10.7. The van der Waals surface area contributed by atoms with Gasteiger partial charge in [0.2, 0.25) is 11.0 Å². The van der Waals surface area contributed by atoms with Gasteiger partial charge in [0.05, 0.1) is 0 Å². The number of carboxylic acids is 2. The summed E-state index contributed by atoms with van der Waals surface area (Å²) in [6.45, 7) is 0. The molecule has 2 unspecified atom stereocenters. The van der Waals surface area contributed by atoms with Crippen LogP contribution in [0.15, 0.2) is 28.9 Å². The number of carbonyl (C=O) groups is 2. The number of aliphatic hydroxyl groups excluding tert-OH is 2. The first kappa shape index (κ1) is 15.3. The average molecular weight is 286 g/mol. The lowest BCUT2D eigenvalue weighted by molar-refractivity contribution is -0.782. The van der Waals surface area contributed by atoms with Gasteiger partial charge in [-0.1, -0.05) is 12.1 Å². The normalized spacial score (nSPS) is 13.1. The number of hydrogen-bond donors (Lipinski definition) is 4. The van der Waals surface area contributed by atoms with E-state index in [2.05, 4.69) is 9.79 Å². The van der Waals surface area contributed by atoms with Crippen molar-refractivity contribution in [1.29, 1.82) is 0 Å². The fourth-order valence-electron chi connectivity index (χ4n) is 1.09. The van der Waals surface area contributed by atoms with E-state index < -0.39 is 24.1 Å². The minimum Gasteiger partial charge on any atom is -0.479 e. The number of carboxylic acid groups (broad SMARTS) is 2. The van der Waals surface area contributed by atoms with Gasteiger partial charge >= 0.3 is 11.9 Å². The smallest absolute Gasteiger partial charge is 0.335 e. The van der Waals surface area contributed by atoms with Crippen LogP contribution in [-0.2, 0) is 9.59 Å². The van der Waals surface area contributed by atoms with Crippen molar-refractivity contribution in [2.45, 2.75) is 12.2 Å². The van der Waals surface area contributed by atoms with Gasteiger partial charge in [-0.3, -0.25) is 4.63 Å². The monoisotopic (exact) mass is 286 g/mol. The van der Waals surface area contributed by atoms with E-state index >= 15 is 0 Å². The molecule has 0 aliphatic heterocycles. The maximum Gasteiger partial charge on any atom is 0.335 e. The van der Waals surface area contributed by atoms with Crippen LogP contribution < -0.4 is 4.90 Å². The second kappa shape index (κ2) is 6.45. The third-order valence-corrected chi connectivity index (χ3v) is 2.10. The van der Waals surface area contributed by atoms with Crippen LogP contribution in [0.2, 0.25) is 0 Å². The Kier molecular flexibility index (Phi) is 4.94. The van der Waals surface area contributed by atoms with E-state index in [1.54, 1.807) is 24.3 Å². The molecule has 108 valence electrons. The molecule has 0 saturated carbocycles. The number of benzene rings is 1. The zero-order chi connectivity index (χ0) is 15.3. The van der Waals surface area contributed by atoms with Crippen molar-refractivity contribution in [3.05, 3.63) is 29.5 Å². The summed E-state index contributed by atoms with van der Waals surface area (Å²) >= 11 is 0. The molecule has 1 aromatic heterocycles. The van der Waals surface area contributed by atoms with Gasteiger partial charge < -0.3 is 25.6 Å². The highest BCUT2D eigenvalue weighted by Gasteiger charge is 2.29. The topological polar surface area (TPSA) is 168 Å². The van der Waals surface area contributed by atoms with Crippen LogP contribution in [0.1, 0.15) is 0 Å². The van der Waals surface area contributed by atoms with Gasteiger partial charge in [-0.2, -0.15) is 0 Å². The molecule has 4 N–H and O–H groups in total. The maximum absolute atomic E-state index is 10.7. The minimum absolute atomic E-state index is 0.384. The predicted octanol–water partition coefficient (Wildman–Crippen LogP) is -1.66. The summed E-state index contributed by atoms with van der Waals surface area (Å²) in [7, 11) is 0. The molecule has 2 rings (SSSR count). The molecule has 20 heavy (non-hydrogen) atoms. The molecule has 0 aliphatic carbocycles. The van der Waals surface area contributed by atoms with Crippen molar-refractivity contribution in [2.24, 2.45) is 0 Å². The molecule has 0 fully saturated rings. The van der Waals surface area contributed by atoms with E-state index in [4.69, 9.17) is 20.4 Å². The largest absolute Gasteiger partial charge is 0.479 e. The predicted molar refractivity (Wildman–Crippen MR) is 60.3 cm³/mol. The van der Waals surface area contributed by atoms with Gasteiger partial charge in [0.15, 0.2) is 12.2 Å². The number of hydrogen-bond acceptors (Lipinski definition) is 7. The summed E-state index contributed by atoms with van der Waals surface area (Å²) < 4.78 is 4.33. The number of aliphatic hydroxyl groups is 2. The summed E-state index contributed by atoms with van der Waals surface area (Å²) in [4.78, 5) is 19.9. The summed E-state index contributed by atoms with van der Waals surface area (Å²) in [5.41, 5.74) is 1.04. The Hall–Kier alpha value is -2.72. The van der Waals surface area contributed by atoms with Crippen LogP contribution in [0.25, 0.3) is 11.0 Å². The van der Waals surface area contributed by atoms with Gasteiger partial charge in [-0.25, -0.2) is 9.59 Å². The van der Waals surface area contributed by atoms with E-state index in [1.165, 1.54) is 0 Å². The van der Waals surface area contributed by atoms with Crippen molar-refractivity contribution >= 4 is 23.0 Å². The lowest BCUT2D eigenvalue weighted by Gasteiger charge is -2.07. The molecule has 1 heterocycles. The average Bonchev–Trinajstić information content (AvgIpc) is 2.80. The van der Waals surface area contributed by atoms with E-state index in [0.717, 1.165) is 0 Å². The highest BCUT2D eigenvalue weighted by atomic mass is 16.8. The Morgan fingerprint density at radius 2 is 1.65 bits per heavy atom. The molecule has 2 atom stereocenters. The summed E-state index contributed by atoms with van der Waals surface area (Å²) in [5, 5.41) is 46.7. The van der Waals surface area contributed by atoms with Gasteiger partial charge in [0, 0.05) is 5.16 Å². The molecule has 0 radical (unpaired) electrons. The number of aromatic nitrogens is 2. The van der Waals surface area contributed by atoms with Gasteiger partial charge in [-0.15, -0.1) is 0 Å². The molecular weight excluding hydrogens is 276 g/mol. The standard InChI is InChI=1S/C6H4N2O2.C4H6O6/c9-8-6-4-2-1-3-5(6)7-10-8;5-1(3(7)8)2(6)4(9)10/h1-4H;1-2,5-6H,(H,7,8)(H,9,10). The number of fused-ring (bicyclic) bond motifs is 1. The first-order valence-corrected chi connectivity index (χ1v) is 5.10. The van der Waals surface area contributed by atoms with Crippen molar-refractivity contribution in [3.8, 4) is 0 Å². The molecule has 10 nitrogen and oxygen atoms in total. The summed E-state index contributed by atoms with van der Waals surface area (Å²) in [5.74, 6) is -3.54. The van der Waals surface area contributed by atoms with Crippen molar-refractivity contribution in [2.75, 3.05) is 0 Å². The SMILES string of the molecule is O=C(O)C(O)C(O)C(=O)O.[O-][n+]1onc2ccccc21. The van der Waals surface area contributed by atoms with Crippen LogP contribution >= 0.6 is 0 Å². The van der Waals surface area contributed by atoms with Gasteiger partial charge in [0.25, 0.3) is 0 Å². The quantitative estimate of drug-likeness (QED) is 0.482. The van der Waals surface area contributed by atoms with Crippen LogP contribution in [-0.4, -0.2) is 49.7 Å². The summed E-state index contributed by atoms with van der Waals surface area (Å²) in [6.07, 6.45) is -4.53. The number of para-hydroxylation sites is 1. The molecule has 0 aliphatic rings. The number of nitrogens with zero attached hydrogens (tertiary/aromatic N) is 2. The van der Waals surface area contributed by atoms with Crippen LogP contribution in [0.5, 0.6) is 0 Å². The zero-order valence-electron chi connectivity index (χ0n) is 9.78. The van der Waals surface area contributed by atoms with E-state index in [9.17, 15) is 14.8 Å². The number of aliphatic carboxylic acids is 2. The van der Waals surface area contributed by atoms with Crippen molar-refractivity contribution in [3.63, 3.8) is 0 Å². The van der Waals surface area contributed by atoms with Crippen LogP contribution in [0.3, 0.4) is 0 Å². The molecule has 0 saturated heterocycles. The molecule has 2 aromatic rings. The Balaban J connectivity index is 0.000000200. The zero-order valence-corrected chi connectivity index (χ0v) is 9.78. The molecule has 1 aromatic carbocycles. The van der Waals surface area contributed by atoms with Crippen molar-refractivity contribution in [1.82, 2.24) is 5.16 Å². The molecule has 0 amide bonds. The summed E-state index contributed by atoms with van der Waals surface area (Å²) in [6, 6.07) is 6.92. The third kappa shape index (κ3) is 3.63. The first-order valence-electron chi connectivity index (χ1n) is 5.10. The van der Waals surface area contributed by atoms with Crippen LogP contribution in [0, 0.1) is 5.21 Å².